The highest BCUT2D eigenvalue weighted by Crippen LogP contribution is 2.29. The van der Waals surface area contributed by atoms with E-state index in [4.69, 9.17) is 0 Å². The highest BCUT2D eigenvalue weighted by molar-refractivity contribution is 7.81. The average molecular weight is 186 g/mol. The molecule has 2 heteroatoms. The molecule has 0 radical (unpaired) electrons. The zero-order chi connectivity index (χ0) is 8.97. The second-order valence-electron chi connectivity index (χ2n) is 3.67. The second-order valence-corrected chi connectivity index (χ2v) is 4.34. The molecule has 1 rings (SSSR count). The van der Waals surface area contributed by atoms with Crippen molar-refractivity contribution in [2.24, 2.45) is 5.92 Å². The highest BCUT2D eigenvalue weighted by atomic mass is 32.1. The van der Waals surface area contributed by atoms with E-state index in [0.29, 0.717) is 11.0 Å². The third-order valence-electron chi connectivity index (χ3n) is 2.67. The van der Waals surface area contributed by atoms with Gasteiger partial charge in [0.25, 0.3) is 0 Å². The lowest BCUT2D eigenvalue weighted by Crippen LogP contribution is -2.18. The van der Waals surface area contributed by atoms with Crippen molar-refractivity contribution in [3.63, 3.8) is 0 Å². The Labute approximate surface area is 80.3 Å². The molecule has 1 aliphatic carbocycles. The summed E-state index contributed by atoms with van der Waals surface area (Å²) in [6.45, 7) is 2.18. The van der Waals surface area contributed by atoms with E-state index in [-0.39, 0.29) is 5.92 Å². The summed E-state index contributed by atoms with van der Waals surface area (Å²) >= 11 is 4.50. The Kier molecular flexibility index (Phi) is 4.13. The second kappa shape index (κ2) is 4.90. The van der Waals surface area contributed by atoms with E-state index in [1.807, 2.05) is 0 Å². The van der Waals surface area contributed by atoms with Crippen LogP contribution in [0.2, 0.25) is 0 Å². The largest absolute Gasteiger partial charge is 0.299 e. The van der Waals surface area contributed by atoms with E-state index >= 15 is 0 Å². The smallest absolute Gasteiger partial charge is 0.137 e. The Morgan fingerprint density at radius 3 is 2.92 bits per heavy atom. The van der Waals surface area contributed by atoms with Gasteiger partial charge >= 0.3 is 0 Å². The Hall–Kier alpha value is 0.0200. The molecule has 0 bridgehead atoms. The van der Waals surface area contributed by atoms with Crippen molar-refractivity contribution < 1.29 is 4.79 Å². The van der Waals surface area contributed by atoms with Crippen molar-refractivity contribution in [1.29, 1.82) is 0 Å². The molecule has 2 atom stereocenters. The summed E-state index contributed by atoms with van der Waals surface area (Å²) in [5, 5.41) is 0.333. The summed E-state index contributed by atoms with van der Waals surface area (Å²) in [4.78, 5) is 11.3. The van der Waals surface area contributed by atoms with Crippen LogP contribution in [-0.4, -0.2) is 11.0 Å². The summed E-state index contributed by atoms with van der Waals surface area (Å²) < 4.78 is 0. The van der Waals surface area contributed by atoms with E-state index in [2.05, 4.69) is 19.6 Å². The van der Waals surface area contributed by atoms with Gasteiger partial charge in [0.2, 0.25) is 0 Å². The monoisotopic (exact) mass is 186 g/mol. The first-order valence-corrected chi connectivity index (χ1v) is 5.48. The fraction of sp³-hybridized carbons (Fsp3) is 0.900. The van der Waals surface area contributed by atoms with E-state index in [1.54, 1.807) is 0 Å². The molecule has 0 spiro atoms. The lowest BCUT2D eigenvalue weighted by Gasteiger charge is -2.15. The van der Waals surface area contributed by atoms with Gasteiger partial charge in [-0.15, -0.1) is 0 Å². The summed E-state index contributed by atoms with van der Waals surface area (Å²) in [6.07, 6.45) is 6.49. The van der Waals surface area contributed by atoms with Crippen molar-refractivity contribution in [2.75, 3.05) is 0 Å². The number of hydrogen-bond donors (Lipinski definition) is 1. The van der Waals surface area contributed by atoms with Gasteiger partial charge in [0, 0.05) is 17.6 Å². The standard InChI is InChI=1S/C10H18OS/c1-2-3-7-10(12)8-5-4-6-9(8)11/h8,10,12H,2-7H2,1H3. The average Bonchev–Trinajstić information content (AvgIpc) is 2.47. The topological polar surface area (TPSA) is 17.1 Å². The molecular formula is C10H18OS. The van der Waals surface area contributed by atoms with Gasteiger partial charge in [-0.05, 0) is 19.3 Å². The Balaban J connectivity index is 2.30. The number of unbranched alkanes of at least 4 members (excludes halogenated alkanes) is 1. The Morgan fingerprint density at radius 1 is 1.67 bits per heavy atom. The van der Waals surface area contributed by atoms with Crippen molar-refractivity contribution in [3.8, 4) is 0 Å². The van der Waals surface area contributed by atoms with Crippen molar-refractivity contribution in [3.05, 3.63) is 0 Å². The molecule has 0 amide bonds. The molecule has 1 nitrogen and oxygen atoms in total. The third-order valence-corrected chi connectivity index (χ3v) is 3.29. The van der Waals surface area contributed by atoms with Gasteiger partial charge in [-0.2, -0.15) is 12.6 Å². The van der Waals surface area contributed by atoms with Gasteiger partial charge in [0.15, 0.2) is 0 Å². The molecule has 0 saturated heterocycles. The zero-order valence-electron chi connectivity index (χ0n) is 7.75. The molecule has 1 saturated carbocycles. The van der Waals surface area contributed by atoms with Crippen LogP contribution in [0.4, 0.5) is 0 Å². The number of Topliss-reactive ketones (excluding diaryl/α,β-unsaturated/α-hetero) is 1. The maximum atomic E-state index is 11.3. The van der Waals surface area contributed by atoms with Crippen molar-refractivity contribution in [1.82, 2.24) is 0 Å². The summed E-state index contributed by atoms with van der Waals surface area (Å²) in [5.41, 5.74) is 0. The molecule has 70 valence electrons. The first kappa shape index (κ1) is 10.1. The van der Waals surface area contributed by atoms with Crippen LogP contribution in [0.25, 0.3) is 0 Å². The minimum Gasteiger partial charge on any atom is -0.299 e. The molecule has 2 unspecified atom stereocenters. The van der Waals surface area contributed by atoms with E-state index in [9.17, 15) is 4.79 Å². The van der Waals surface area contributed by atoms with Gasteiger partial charge in [-0.3, -0.25) is 4.79 Å². The van der Waals surface area contributed by atoms with Crippen molar-refractivity contribution >= 4 is 18.4 Å². The van der Waals surface area contributed by atoms with Crippen LogP contribution < -0.4 is 0 Å². The molecule has 0 aliphatic heterocycles. The number of carbonyl (C=O) groups excluding carboxylic acids is 1. The summed E-state index contributed by atoms with van der Waals surface area (Å²) in [7, 11) is 0. The van der Waals surface area contributed by atoms with Crippen molar-refractivity contribution in [2.45, 2.75) is 50.7 Å². The molecule has 0 aromatic rings. The predicted molar refractivity (Wildman–Crippen MR) is 54.6 cm³/mol. The van der Waals surface area contributed by atoms with Crippen LogP contribution in [-0.2, 0) is 4.79 Å². The lowest BCUT2D eigenvalue weighted by molar-refractivity contribution is -0.120. The van der Waals surface area contributed by atoms with E-state index in [1.165, 1.54) is 12.8 Å². The molecule has 0 aromatic heterocycles. The Morgan fingerprint density at radius 2 is 2.42 bits per heavy atom. The normalized spacial score (nSPS) is 26.2. The van der Waals surface area contributed by atoms with Gasteiger partial charge < -0.3 is 0 Å². The maximum Gasteiger partial charge on any atom is 0.137 e. The molecule has 0 aromatic carbocycles. The fourth-order valence-corrected chi connectivity index (χ4v) is 2.36. The van der Waals surface area contributed by atoms with Crippen LogP contribution in [0.15, 0.2) is 0 Å². The number of rotatable bonds is 4. The summed E-state index contributed by atoms with van der Waals surface area (Å²) in [5.74, 6) is 0.728. The highest BCUT2D eigenvalue weighted by Gasteiger charge is 2.29. The van der Waals surface area contributed by atoms with Crippen LogP contribution in [0.1, 0.15) is 45.4 Å². The number of thiol groups is 1. The van der Waals surface area contributed by atoms with Gasteiger partial charge in [0.1, 0.15) is 5.78 Å². The fourth-order valence-electron chi connectivity index (χ4n) is 1.86. The predicted octanol–water partition coefficient (Wildman–Crippen LogP) is 2.84. The van der Waals surface area contributed by atoms with Crippen LogP contribution in [0, 0.1) is 5.92 Å². The number of carbonyl (C=O) groups is 1. The van der Waals surface area contributed by atoms with E-state index < -0.39 is 0 Å². The Bertz CT molecular complexity index is 156. The van der Waals surface area contributed by atoms with Crippen LogP contribution in [0.3, 0.4) is 0 Å². The van der Waals surface area contributed by atoms with E-state index in [0.717, 1.165) is 25.7 Å². The van der Waals surface area contributed by atoms with Crippen LogP contribution in [0.5, 0.6) is 0 Å². The first-order chi connectivity index (χ1) is 5.75. The number of hydrogen-bond acceptors (Lipinski definition) is 2. The van der Waals surface area contributed by atoms with Gasteiger partial charge in [0.05, 0.1) is 0 Å². The maximum absolute atomic E-state index is 11.3. The SMILES string of the molecule is CCCCC(S)C1CCCC1=O. The third kappa shape index (κ3) is 2.51. The molecule has 0 heterocycles. The molecule has 12 heavy (non-hydrogen) atoms. The van der Waals surface area contributed by atoms with Gasteiger partial charge in [-0.25, -0.2) is 0 Å². The first-order valence-electron chi connectivity index (χ1n) is 4.96. The minimum absolute atomic E-state index is 0.278. The zero-order valence-corrected chi connectivity index (χ0v) is 8.65. The quantitative estimate of drug-likeness (QED) is 0.668. The summed E-state index contributed by atoms with van der Waals surface area (Å²) in [6, 6.07) is 0. The van der Waals surface area contributed by atoms with Gasteiger partial charge in [-0.1, -0.05) is 19.8 Å². The molecular weight excluding hydrogens is 168 g/mol. The molecule has 1 fully saturated rings. The molecule has 1 aliphatic rings. The molecule has 0 N–H and O–H groups in total. The minimum atomic E-state index is 0.278. The lowest BCUT2D eigenvalue weighted by atomic mass is 9.98. The van der Waals surface area contributed by atoms with Crippen LogP contribution >= 0.6 is 12.6 Å². The number of ketones is 1.